The van der Waals surface area contributed by atoms with Gasteiger partial charge in [0.2, 0.25) is 0 Å². The van der Waals surface area contributed by atoms with E-state index in [2.05, 4.69) is 38.7 Å². The Kier molecular flexibility index (Phi) is 5.62. The van der Waals surface area contributed by atoms with Crippen LogP contribution < -0.4 is 15.8 Å². The number of imidazole rings is 1. The largest absolute Gasteiger partial charge is 0.392 e. The summed E-state index contributed by atoms with van der Waals surface area (Å²) in [4.78, 5) is 41.6. The molecule has 5 aromatic rings. The first kappa shape index (κ1) is 25.2. The SMILES string of the molecule is Cn1cc(-c2ccnc(N3CCn4c(cc5c4CC(C)(C)C5)C3=O)c2CO)cc(Nc2cc3nccn3cn2)c1=O. The zero-order valence-corrected chi connectivity index (χ0v) is 23.1. The number of nitrogens with one attached hydrogen (secondary N) is 1. The van der Waals surface area contributed by atoms with Crippen LogP contribution in [0.3, 0.4) is 0 Å². The standard InChI is InChI=1S/C30H30N8O3/c1-30(2)13-18-11-23-29(41)38(9-8-37(23)24(18)14-30)27-21(16-39)20(4-5-32-27)19-10-22(28(40)35(3)15-19)34-25-12-26-31-6-7-36(26)17-33-25/h4-7,10-12,15,17,34,39H,8-9,13-14,16H2,1-3H3. The number of aliphatic hydroxyl groups is 1. The molecule has 0 radical (unpaired) electrons. The van der Waals surface area contributed by atoms with Gasteiger partial charge in [0, 0.05) is 67.8 Å². The third kappa shape index (κ3) is 4.12. The molecule has 0 unspecified atom stereocenters. The summed E-state index contributed by atoms with van der Waals surface area (Å²) in [6, 6.07) is 7.31. The van der Waals surface area contributed by atoms with Gasteiger partial charge in [-0.2, -0.15) is 0 Å². The van der Waals surface area contributed by atoms with E-state index in [1.54, 1.807) is 65.7 Å². The van der Waals surface area contributed by atoms with Gasteiger partial charge >= 0.3 is 0 Å². The minimum atomic E-state index is -0.322. The topological polar surface area (TPSA) is 123 Å². The van der Waals surface area contributed by atoms with Gasteiger partial charge in [-0.3, -0.25) is 18.9 Å². The van der Waals surface area contributed by atoms with Crippen LogP contribution in [0.25, 0.3) is 16.8 Å². The summed E-state index contributed by atoms with van der Waals surface area (Å²) in [5, 5.41) is 13.7. The first-order valence-electron chi connectivity index (χ1n) is 13.6. The Morgan fingerprint density at radius 1 is 1.05 bits per heavy atom. The molecule has 208 valence electrons. The van der Waals surface area contributed by atoms with Gasteiger partial charge in [-0.15, -0.1) is 0 Å². The molecule has 5 aromatic heterocycles. The molecule has 7 rings (SSSR count). The molecule has 0 spiro atoms. The number of nitrogens with zero attached hydrogens (tertiary/aromatic N) is 7. The van der Waals surface area contributed by atoms with Gasteiger partial charge in [0.25, 0.3) is 11.5 Å². The van der Waals surface area contributed by atoms with Crippen molar-refractivity contribution in [1.29, 1.82) is 0 Å². The molecular formula is C30H30N8O3. The Hall–Kier alpha value is -4.77. The second-order valence-corrected chi connectivity index (χ2v) is 11.6. The Morgan fingerprint density at radius 3 is 2.73 bits per heavy atom. The van der Waals surface area contributed by atoms with E-state index in [9.17, 15) is 14.7 Å². The van der Waals surface area contributed by atoms with Crippen LogP contribution in [0.5, 0.6) is 0 Å². The van der Waals surface area contributed by atoms with Crippen LogP contribution in [0.15, 0.2) is 60.2 Å². The second-order valence-electron chi connectivity index (χ2n) is 11.6. The molecule has 1 aliphatic heterocycles. The maximum absolute atomic E-state index is 13.7. The van der Waals surface area contributed by atoms with Gasteiger partial charge in [-0.05, 0) is 47.6 Å². The molecule has 0 saturated carbocycles. The average Bonchev–Trinajstić information content (AvgIpc) is 3.63. The predicted molar refractivity (Wildman–Crippen MR) is 154 cm³/mol. The van der Waals surface area contributed by atoms with Gasteiger partial charge in [-0.1, -0.05) is 13.8 Å². The highest BCUT2D eigenvalue weighted by Gasteiger charge is 2.37. The number of carbonyl (C=O) groups is 1. The number of amides is 1. The van der Waals surface area contributed by atoms with Gasteiger partial charge in [0.05, 0.1) is 6.61 Å². The summed E-state index contributed by atoms with van der Waals surface area (Å²) >= 11 is 0. The number of aryl methyl sites for hydroxylation is 1. The van der Waals surface area contributed by atoms with E-state index in [0.717, 1.165) is 12.8 Å². The molecule has 6 heterocycles. The summed E-state index contributed by atoms with van der Waals surface area (Å²) < 4.78 is 5.42. The van der Waals surface area contributed by atoms with Crippen molar-refractivity contribution in [1.82, 2.24) is 28.5 Å². The van der Waals surface area contributed by atoms with Crippen LogP contribution in [0.1, 0.15) is 41.2 Å². The number of hydrogen-bond donors (Lipinski definition) is 2. The van der Waals surface area contributed by atoms with Crippen LogP contribution in [0.4, 0.5) is 17.3 Å². The molecule has 0 fully saturated rings. The summed E-state index contributed by atoms with van der Waals surface area (Å²) in [7, 11) is 1.67. The molecule has 0 bridgehead atoms. The van der Waals surface area contributed by atoms with Gasteiger partial charge in [0.15, 0.2) is 0 Å². The number of aliphatic hydroxyl groups excluding tert-OH is 1. The van der Waals surface area contributed by atoms with E-state index in [0.29, 0.717) is 58.4 Å². The van der Waals surface area contributed by atoms with Crippen molar-refractivity contribution in [2.45, 2.75) is 39.8 Å². The monoisotopic (exact) mass is 550 g/mol. The number of pyridine rings is 2. The highest BCUT2D eigenvalue weighted by Crippen LogP contribution is 2.40. The molecule has 0 aromatic carbocycles. The number of fused-ring (bicyclic) bond motifs is 4. The molecule has 41 heavy (non-hydrogen) atoms. The van der Waals surface area contributed by atoms with Crippen molar-refractivity contribution < 1.29 is 9.90 Å². The number of aromatic nitrogens is 6. The molecule has 0 atom stereocenters. The third-order valence-electron chi connectivity index (χ3n) is 8.11. The lowest BCUT2D eigenvalue weighted by Crippen LogP contribution is -2.41. The summed E-state index contributed by atoms with van der Waals surface area (Å²) in [5.74, 6) is 0.789. The van der Waals surface area contributed by atoms with Crippen LogP contribution >= 0.6 is 0 Å². The summed E-state index contributed by atoms with van der Waals surface area (Å²) in [5.41, 5.74) is 6.07. The fraction of sp³-hybridized carbons (Fsp3) is 0.300. The number of anilines is 3. The molecule has 2 aliphatic rings. The average molecular weight is 551 g/mol. The van der Waals surface area contributed by atoms with Gasteiger partial charge in [0.1, 0.15) is 35.0 Å². The molecule has 1 amide bonds. The first-order valence-corrected chi connectivity index (χ1v) is 13.6. The highest BCUT2D eigenvalue weighted by molar-refractivity contribution is 6.06. The Labute approximate surface area is 235 Å². The second kappa shape index (κ2) is 9.13. The van der Waals surface area contributed by atoms with E-state index >= 15 is 0 Å². The van der Waals surface area contributed by atoms with Gasteiger partial charge in [-0.25, -0.2) is 15.0 Å². The normalized spacial score (nSPS) is 15.8. The molecule has 11 heteroatoms. The number of carbonyl (C=O) groups excluding carboxylic acids is 1. The maximum Gasteiger partial charge on any atom is 0.276 e. The Morgan fingerprint density at radius 2 is 1.90 bits per heavy atom. The maximum atomic E-state index is 13.7. The van der Waals surface area contributed by atoms with Crippen LogP contribution in [0, 0.1) is 5.41 Å². The van der Waals surface area contributed by atoms with E-state index in [-0.39, 0.29) is 23.5 Å². The van der Waals surface area contributed by atoms with Crippen LogP contribution in [-0.2, 0) is 33.0 Å². The fourth-order valence-electron chi connectivity index (χ4n) is 6.23. The third-order valence-corrected chi connectivity index (χ3v) is 8.11. The van der Waals surface area contributed by atoms with Crippen molar-refractivity contribution in [3.63, 3.8) is 0 Å². The summed E-state index contributed by atoms with van der Waals surface area (Å²) in [6.45, 7) is 5.32. The highest BCUT2D eigenvalue weighted by atomic mass is 16.3. The zero-order chi connectivity index (χ0) is 28.5. The van der Waals surface area contributed by atoms with Crippen molar-refractivity contribution in [3.8, 4) is 11.1 Å². The quantitative estimate of drug-likeness (QED) is 0.344. The smallest absolute Gasteiger partial charge is 0.276 e. The molecule has 11 nitrogen and oxygen atoms in total. The van der Waals surface area contributed by atoms with Crippen molar-refractivity contribution in [3.05, 3.63) is 88.2 Å². The molecule has 2 N–H and O–H groups in total. The molecule has 1 aliphatic carbocycles. The lowest BCUT2D eigenvalue weighted by Gasteiger charge is -2.31. The van der Waals surface area contributed by atoms with E-state index < -0.39 is 0 Å². The first-order chi connectivity index (χ1) is 19.7. The number of hydrogen-bond acceptors (Lipinski definition) is 7. The lowest BCUT2D eigenvalue weighted by atomic mass is 9.90. The van der Waals surface area contributed by atoms with Crippen LogP contribution in [-0.4, -0.2) is 46.0 Å². The summed E-state index contributed by atoms with van der Waals surface area (Å²) in [6.07, 6.45) is 10.4. The van der Waals surface area contributed by atoms with E-state index in [1.807, 2.05) is 6.07 Å². The molecular weight excluding hydrogens is 520 g/mol. The van der Waals surface area contributed by atoms with Crippen molar-refractivity contribution in [2.24, 2.45) is 12.5 Å². The lowest BCUT2D eigenvalue weighted by molar-refractivity contribution is 0.0962. The molecule has 0 saturated heterocycles. The van der Waals surface area contributed by atoms with Crippen molar-refractivity contribution >= 4 is 28.9 Å². The van der Waals surface area contributed by atoms with E-state index in [4.69, 9.17) is 0 Å². The minimum Gasteiger partial charge on any atom is -0.392 e. The minimum absolute atomic E-state index is 0.119. The predicted octanol–water partition coefficient (Wildman–Crippen LogP) is 3.31. The van der Waals surface area contributed by atoms with Crippen LogP contribution in [0.2, 0.25) is 0 Å². The van der Waals surface area contributed by atoms with E-state index in [1.165, 1.54) is 15.8 Å². The van der Waals surface area contributed by atoms with Crippen molar-refractivity contribution in [2.75, 3.05) is 16.8 Å². The Balaban J connectivity index is 1.25. The Bertz CT molecular complexity index is 1910. The zero-order valence-electron chi connectivity index (χ0n) is 23.1. The van der Waals surface area contributed by atoms with Gasteiger partial charge < -0.3 is 19.6 Å². The fourth-order valence-corrected chi connectivity index (χ4v) is 6.23. The number of rotatable bonds is 5.